The lowest BCUT2D eigenvalue weighted by molar-refractivity contribution is 0.222. The van der Waals surface area contributed by atoms with Crippen LogP contribution in [0.4, 0.5) is 0 Å². The largest absolute Gasteiger partial charge is 0.0799 e. The highest BCUT2D eigenvalue weighted by Gasteiger charge is 2.30. The van der Waals surface area contributed by atoms with Crippen LogP contribution in [0.15, 0.2) is 53.6 Å². The molecule has 0 radical (unpaired) electrons. The van der Waals surface area contributed by atoms with E-state index in [4.69, 9.17) is 0 Å². The van der Waals surface area contributed by atoms with Crippen molar-refractivity contribution in [2.45, 2.75) is 78.1 Å². The van der Waals surface area contributed by atoms with Crippen LogP contribution in [0.1, 0.15) is 78.2 Å². The van der Waals surface area contributed by atoms with Gasteiger partial charge in [0.25, 0.3) is 0 Å². The summed E-state index contributed by atoms with van der Waals surface area (Å²) in [5.41, 5.74) is 4.85. The zero-order valence-corrected chi connectivity index (χ0v) is 16.7. The molecule has 1 fully saturated rings. The highest BCUT2D eigenvalue weighted by molar-refractivity contribution is 5.43. The number of hydrogen-bond acceptors (Lipinski definition) is 0. The van der Waals surface area contributed by atoms with Crippen molar-refractivity contribution in [3.8, 4) is 0 Å². The fourth-order valence-corrected chi connectivity index (χ4v) is 4.95. The molecule has 0 nitrogen and oxygen atoms in total. The van der Waals surface area contributed by atoms with Crippen LogP contribution in [0.5, 0.6) is 0 Å². The van der Waals surface area contributed by atoms with E-state index < -0.39 is 0 Å². The zero-order chi connectivity index (χ0) is 17.9. The monoisotopic (exact) mass is 336 g/mol. The Balaban J connectivity index is 1.77. The van der Waals surface area contributed by atoms with E-state index in [1.165, 1.54) is 44.1 Å². The van der Waals surface area contributed by atoms with Crippen LogP contribution in [-0.4, -0.2) is 0 Å². The minimum absolute atomic E-state index is 0.163. The normalized spacial score (nSPS) is 31.2. The third-order valence-electron chi connectivity index (χ3n) is 6.90. The van der Waals surface area contributed by atoms with Crippen molar-refractivity contribution >= 4 is 0 Å². The molecule has 0 bridgehead atoms. The molecule has 0 N–H and O–H groups in total. The van der Waals surface area contributed by atoms with Gasteiger partial charge in [0.15, 0.2) is 0 Å². The Kier molecular flexibility index (Phi) is 5.87. The van der Waals surface area contributed by atoms with Crippen LogP contribution in [0, 0.1) is 17.8 Å². The molecule has 1 aromatic carbocycles. The molecule has 0 aromatic heterocycles. The van der Waals surface area contributed by atoms with Gasteiger partial charge in [-0.05, 0) is 66.6 Å². The molecular weight excluding hydrogens is 300 g/mol. The van der Waals surface area contributed by atoms with Crippen LogP contribution in [-0.2, 0) is 5.41 Å². The molecule has 2 aliphatic rings. The van der Waals surface area contributed by atoms with Gasteiger partial charge in [0, 0.05) is 5.41 Å². The molecule has 0 heteroatoms. The summed E-state index contributed by atoms with van der Waals surface area (Å²) >= 11 is 0. The number of benzene rings is 1. The maximum atomic E-state index is 2.61. The molecule has 3 rings (SSSR count). The SMILES string of the molecule is CCC1=CCC(C)(c2ccccc2)C=C1CC(C)C1CCC(C)CC1. The summed E-state index contributed by atoms with van der Waals surface area (Å²) in [6, 6.07) is 11.1. The predicted octanol–water partition coefficient (Wildman–Crippen LogP) is 7.46. The molecule has 1 aromatic rings. The van der Waals surface area contributed by atoms with Gasteiger partial charge in [0.05, 0.1) is 0 Å². The molecular formula is C25H36. The molecule has 136 valence electrons. The smallest absolute Gasteiger partial charge is 0.0144 e. The average Bonchev–Trinajstić information content (AvgIpc) is 2.63. The van der Waals surface area contributed by atoms with E-state index in [2.05, 4.69) is 70.2 Å². The number of rotatable bonds is 5. The van der Waals surface area contributed by atoms with Gasteiger partial charge in [0.1, 0.15) is 0 Å². The van der Waals surface area contributed by atoms with Crippen molar-refractivity contribution in [3.05, 3.63) is 59.2 Å². The minimum atomic E-state index is 0.163. The molecule has 25 heavy (non-hydrogen) atoms. The Labute approximate surface area is 155 Å². The van der Waals surface area contributed by atoms with E-state index in [1.54, 1.807) is 11.1 Å². The second-order valence-electron chi connectivity index (χ2n) is 8.94. The van der Waals surface area contributed by atoms with E-state index in [0.717, 1.165) is 24.2 Å². The first kappa shape index (κ1) is 18.5. The lowest BCUT2D eigenvalue weighted by Gasteiger charge is -2.35. The highest BCUT2D eigenvalue weighted by Crippen LogP contribution is 2.42. The first-order chi connectivity index (χ1) is 12.0. The lowest BCUT2D eigenvalue weighted by atomic mass is 9.70. The quantitative estimate of drug-likeness (QED) is 0.523. The molecule has 0 saturated heterocycles. The van der Waals surface area contributed by atoms with E-state index in [0.29, 0.717) is 0 Å². The van der Waals surface area contributed by atoms with Gasteiger partial charge < -0.3 is 0 Å². The third-order valence-corrected chi connectivity index (χ3v) is 6.90. The molecule has 0 amide bonds. The van der Waals surface area contributed by atoms with Gasteiger partial charge in [-0.2, -0.15) is 0 Å². The summed E-state index contributed by atoms with van der Waals surface area (Å²) in [7, 11) is 0. The first-order valence-corrected chi connectivity index (χ1v) is 10.5. The Morgan fingerprint density at radius 1 is 1.04 bits per heavy atom. The van der Waals surface area contributed by atoms with Crippen molar-refractivity contribution < 1.29 is 0 Å². The summed E-state index contributed by atoms with van der Waals surface area (Å²) in [5, 5.41) is 0. The van der Waals surface area contributed by atoms with Crippen LogP contribution < -0.4 is 0 Å². The molecule has 2 aliphatic carbocycles. The topological polar surface area (TPSA) is 0 Å². The molecule has 2 unspecified atom stereocenters. The molecule has 1 saturated carbocycles. The summed E-state index contributed by atoms with van der Waals surface area (Å²) in [4.78, 5) is 0. The number of allylic oxidation sites excluding steroid dienone is 4. The van der Waals surface area contributed by atoms with Crippen LogP contribution >= 0.6 is 0 Å². The minimum Gasteiger partial charge on any atom is -0.0799 e. The van der Waals surface area contributed by atoms with E-state index in [-0.39, 0.29) is 5.41 Å². The van der Waals surface area contributed by atoms with Crippen LogP contribution in [0.2, 0.25) is 0 Å². The molecule has 0 spiro atoms. The standard InChI is InChI=1S/C25H36/c1-5-21-15-16-25(4,24-9-7-6-8-10-24)18-23(21)17-20(3)22-13-11-19(2)12-14-22/h6-10,15,18-20,22H,5,11-14,16-17H2,1-4H3. The lowest BCUT2D eigenvalue weighted by Crippen LogP contribution is -2.24. The fourth-order valence-electron chi connectivity index (χ4n) is 4.95. The van der Waals surface area contributed by atoms with Crippen molar-refractivity contribution in [2.75, 3.05) is 0 Å². The Morgan fingerprint density at radius 3 is 2.36 bits per heavy atom. The zero-order valence-electron chi connectivity index (χ0n) is 16.7. The summed E-state index contributed by atoms with van der Waals surface area (Å²) in [6.45, 7) is 9.66. The first-order valence-electron chi connectivity index (χ1n) is 10.5. The van der Waals surface area contributed by atoms with Crippen molar-refractivity contribution in [1.82, 2.24) is 0 Å². The van der Waals surface area contributed by atoms with E-state index in [9.17, 15) is 0 Å². The third kappa shape index (κ3) is 4.27. The van der Waals surface area contributed by atoms with Crippen molar-refractivity contribution in [1.29, 1.82) is 0 Å². The second kappa shape index (κ2) is 7.94. The second-order valence-corrected chi connectivity index (χ2v) is 8.94. The number of hydrogen-bond donors (Lipinski definition) is 0. The van der Waals surface area contributed by atoms with Crippen molar-refractivity contribution in [2.24, 2.45) is 17.8 Å². The summed E-state index contributed by atoms with van der Waals surface area (Å²) < 4.78 is 0. The fraction of sp³-hybridized carbons (Fsp3) is 0.600. The van der Waals surface area contributed by atoms with Gasteiger partial charge in [-0.25, -0.2) is 0 Å². The maximum absolute atomic E-state index is 2.61. The molecule has 2 atom stereocenters. The molecule has 0 heterocycles. The maximum Gasteiger partial charge on any atom is 0.0144 e. The summed E-state index contributed by atoms with van der Waals surface area (Å²) in [6.07, 6.45) is 14.5. The van der Waals surface area contributed by atoms with Crippen molar-refractivity contribution in [3.63, 3.8) is 0 Å². The Morgan fingerprint density at radius 2 is 1.72 bits per heavy atom. The Bertz CT molecular complexity index is 613. The van der Waals surface area contributed by atoms with E-state index in [1.807, 2.05) is 0 Å². The van der Waals surface area contributed by atoms with E-state index >= 15 is 0 Å². The van der Waals surface area contributed by atoms with Gasteiger partial charge in [-0.1, -0.05) is 83.0 Å². The van der Waals surface area contributed by atoms with Gasteiger partial charge in [-0.3, -0.25) is 0 Å². The van der Waals surface area contributed by atoms with Gasteiger partial charge in [0.2, 0.25) is 0 Å². The van der Waals surface area contributed by atoms with Gasteiger partial charge >= 0.3 is 0 Å². The summed E-state index contributed by atoms with van der Waals surface area (Å²) in [5.74, 6) is 2.69. The van der Waals surface area contributed by atoms with Crippen LogP contribution in [0.3, 0.4) is 0 Å². The van der Waals surface area contributed by atoms with Gasteiger partial charge in [-0.15, -0.1) is 0 Å². The average molecular weight is 337 g/mol. The molecule has 0 aliphatic heterocycles. The highest BCUT2D eigenvalue weighted by atomic mass is 14.3. The predicted molar refractivity (Wildman–Crippen MR) is 110 cm³/mol. The van der Waals surface area contributed by atoms with Crippen LogP contribution in [0.25, 0.3) is 0 Å². The Hall–Kier alpha value is -1.30.